The summed E-state index contributed by atoms with van der Waals surface area (Å²) in [4.78, 5) is 11.1. The summed E-state index contributed by atoms with van der Waals surface area (Å²) >= 11 is 0. The van der Waals surface area contributed by atoms with Crippen molar-refractivity contribution in [2.75, 3.05) is 0 Å². The fourth-order valence-corrected chi connectivity index (χ4v) is 1.58. The van der Waals surface area contributed by atoms with Crippen molar-refractivity contribution in [3.8, 4) is 0 Å². The van der Waals surface area contributed by atoms with E-state index in [0.29, 0.717) is 0 Å². The molecule has 1 atom stereocenters. The minimum absolute atomic E-state index is 0.141. The van der Waals surface area contributed by atoms with Crippen molar-refractivity contribution in [2.24, 2.45) is 5.92 Å². The van der Waals surface area contributed by atoms with Gasteiger partial charge in [-0.15, -0.1) is 0 Å². The lowest BCUT2D eigenvalue weighted by atomic mass is 9.94. The van der Waals surface area contributed by atoms with Crippen LogP contribution in [-0.4, -0.2) is 5.78 Å². The summed E-state index contributed by atoms with van der Waals surface area (Å²) in [7, 11) is 0. The van der Waals surface area contributed by atoms with Crippen molar-refractivity contribution in [3.05, 3.63) is 35.4 Å². The van der Waals surface area contributed by atoms with E-state index in [-0.39, 0.29) is 11.7 Å². The van der Waals surface area contributed by atoms with Gasteiger partial charge < -0.3 is 0 Å². The van der Waals surface area contributed by atoms with Crippen LogP contribution in [0.4, 0.5) is 0 Å². The number of aryl methyl sites for hydroxylation is 1. The first-order valence-corrected chi connectivity index (χ1v) is 6.22. The summed E-state index contributed by atoms with van der Waals surface area (Å²) < 4.78 is 0. The van der Waals surface area contributed by atoms with Gasteiger partial charge in [-0.3, -0.25) is 4.79 Å². The molecule has 0 saturated carbocycles. The third-order valence-electron chi connectivity index (χ3n) is 2.72. The molecule has 0 aromatic heterocycles. The average molecular weight is 220 g/mol. The van der Waals surface area contributed by atoms with Crippen LogP contribution in [0, 0.1) is 5.92 Å². The maximum absolute atomic E-state index is 11.1. The van der Waals surface area contributed by atoms with Gasteiger partial charge in [0.05, 0.1) is 0 Å². The van der Waals surface area contributed by atoms with E-state index < -0.39 is 0 Å². The second kappa shape index (κ2) is 8.09. The molecule has 0 aliphatic heterocycles. The van der Waals surface area contributed by atoms with E-state index in [1.807, 2.05) is 26.8 Å². The van der Waals surface area contributed by atoms with Gasteiger partial charge >= 0.3 is 0 Å². The molecule has 0 aliphatic carbocycles. The molecular formula is C15H24O. The summed E-state index contributed by atoms with van der Waals surface area (Å²) in [5, 5.41) is 0. The number of benzene rings is 1. The molecule has 0 spiro atoms. The van der Waals surface area contributed by atoms with Gasteiger partial charge in [-0.1, -0.05) is 52.0 Å². The zero-order valence-electron chi connectivity index (χ0n) is 11.2. The molecule has 0 aliphatic rings. The van der Waals surface area contributed by atoms with Gasteiger partial charge in [-0.2, -0.15) is 0 Å². The van der Waals surface area contributed by atoms with Gasteiger partial charge in [-0.25, -0.2) is 0 Å². The fraction of sp³-hybridized carbons (Fsp3) is 0.533. The zero-order chi connectivity index (χ0) is 12.6. The highest BCUT2D eigenvalue weighted by atomic mass is 16.1. The van der Waals surface area contributed by atoms with Gasteiger partial charge in [0.25, 0.3) is 0 Å². The third-order valence-corrected chi connectivity index (χ3v) is 2.72. The average Bonchev–Trinajstić information content (AvgIpc) is 2.32. The second-order valence-corrected chi connectivity index (χ2v) is 3.84. The van der Waals surface area contributed by atoms with E-state index in [1.54, 1.807) is 6.92 Å². The normalized spacial score (nSPS) is 11.3. The van der Waals surface area contributed by atoms with Gasteiger partial charge in [0.2, 0.25) is 0 Å². The smallest absolute Gasteiger partial charge is 0.132 e. The van der Waals surface area contributed by atoms with Gasteiger partial charge in [0, 0.05) is 5.92 Å². The Labute approximate surface area is 99.9 Å². The minimum atomic E-state index is 0.141. The lowest BCUT2D eigenvalue weighted by molar-refractivity contribution is -0.120. The van der Waals surface area contributed by atoms with Gasteiger partial charge in [0.15, 0.2) is 0 Å². The number of Topliss-reactive ketones (excluding diaryl/α,β-unsaturated/α-hetero) is 1. The molecule has 1 aromatic carbocycles. The van der Waals surface area contributed by atoms with Crippen molar-refractivity contribution in [2.45, 2.75) is 47.5 Å². The Morgan fingerprint density at radius 3 is 2.12 bits per heavy atom. The molecule has 16 heavy (non-hydrogen) atoms. The minimum Gasteiger partial charge on any atom is -0.300 e. The maximum Gasteiger partial charge on any atom is 0.132 e. The molecule has 0 radical (unpaired) electrons. The predicted molar refractivity (Wildman–Crippen MR) is 70.7 cm³/mol. The molecule has 1 rings (SSSR count). The molecule has 1 heteroatoms. The Morgan fingerprint density at radius 1 is 1.19 bits per heavy atom. The van der Waals surface area contributed by atoms with E-state index in [2.05, 4.69) is 25.1 Å². The molecule has 0 heterocycles. The molecule has 1 unspecified atom stereocenters. The second-order valence-electron chi connectivity index (χ2n) is 3.84. The van der Waals surface area contributed by atoms with Crippen molar-refractivity contribution < 1.29 is 4.79 Å². The van der Waals surface area contributed by atoms with Crippen LogP contribution < -0.4 is 0 Å². The summed E-state index contributed by atoms with van der Waals surface area (Å²) in [6.07, 6.45) is 1.92. The first-order chi connectivity index (χ1) is 7.65. The highest BCUT2D eigenvalue weighted by Crippen LogP contribution is 2.14. The van der Waals surface area contributed by atoms with Crippen LogP contribution in [0.2, 0.25) is 0 Å². The number of hydrogen-bond acceptors (Lipinski definition) is 1. The quantitative estimate of drug-likeness (QED) is 0.748. The Balaban J connectivity index is 0.00000106. The zero-order valence-corrected chi connectivity index (χ0v) is 11.2. The number of hydrogen-bond donors (Lipinski definition) is 0. The molecule has 0 amide bonds. The van der Waals surface area contributed by atoms with Crippen molar-refractivity contribution in [3.63, 3.8) is 0 Å². The van der Waals surface area contributed by atoms with Crippen LogP contribution in [-0.2, 0) is 17.6 Å². The fourth-order valence-electron chi connectivity index (χ4n) is 1.58. The molecule has 0 saturated heterocycles. The number of ketones is 1. The Kier molecular flexibility index (Phi) is 7.53. The van der Waals surface area contributed by atoms with Crippen LogP contribution in [0.3, 0.4) is 0 Å². The molecular weight excluding hydrogens is 196 g/mol. The number of carbonyl (C=O) groups excluding carboxylic acids is 1. The number of carbonyl (C=O) groups is 1. The SMILES string of the molecule is CC.CCc1ccccc1CC(C)C(C)=O. The van der Waals surface area contributed by atoms with Crippen LogP contribution in [0.25, 0.3) is 0 Å². The van der Waals surface area contributed by atoms with Crippen LogP contribution in [0.5, 0.6) is 0 Å². The standard InChI is InChI=1S/C13H18O.C2H6/c1-4-12-7-5-6-8-13(12)9-10(2)11(3)14;1-2/h5-8,10H,4,9H2,1-3H3;1-2H3. The molecule has 0 N–H and O–H groups in total. The summed E-state index contributed by atoms with van der Waals surface area (Å²) in [5.74, 6) is 0.415. The number of rotatable bonds is 4. The first kappa shape index (κ1) is 14.9. The monoisotopic (exact) mass is 220 g/mol. The van der Waals surface area contributed by atoms with Gasteiger partial charge in [-0.05, 0) is 30.9 Å². The van der Waals surface area contributed by atoms with Crippen molar-refractivity contribution in [1.82, 2.24) is 0 Å². The highest BCUT2D eigenvalue weighted by molar-refractivity contribution is 5.78. The predicted octanol–water partition coefficient (Wildman–Crippen LogP) is 4.04. The summed E-state index contributed by atoms with van der Waals surface area (Å²) in [6, 6.07) is 8.36. The highest BCUT2D eigenvalue weighted by Gasteiger charge is 2.10. The van der Waals surface area contributed by atoms with E-state index in [0.717, 1.165) is 12.8 Å². The first-order valence-electron chi connectivity index (χ1n) is 6.22. The van der Waals surface area contributed by atoms with Crippen LogP contribution in [0.1, 0.15) is 45.7 Å². The lowest BCUT2D eigenvalue weighted by Gasteiger charge is -2.11. The van der Waals surface area contributed by atoms with Crippen LogP contribution >= 0.6 is 0 Å². The Bertz CT molecular complexity index is 315. The van der Waals surface area contributed by atoms with Gasteiger partial charge in [0.1, 0.15) is 5.78 Å². The molecule has 1 aromatic rings. The van der Waals surface area contributed by atoms with Crippen molar-refractivity contribution in [1.29, 1.82) is 0 Å². The molecule has 90 valence electrons. The summed E-state index contributed by atoms with van der Waals surface area (Å²) in [5.41, 5.74) is 2.68. The Hall–Kier alpha value is -1.11. The molecule has 0 fully saturated rings. The summed E-state index contributed by atoms with van der Waals surface area (Å²) in [6.45, 7) is 9.81. The maximum atomic E-state index is 11.1. The van der Waals surface area contributed by atoms with Crippen LogP contribution in [0.15, 0.2) is 24.3 Å². The Morgan fingerprint density at radius 2 is 1.69 bits per heavy atom. The molecule has 0 bridgehead atoms. The lowest BCUT2D eigenvalue weighted by Crippen LogP contribution is -2.10. The molecule has 1 nitrogen and oxygen atoms in total. The van der Waals surface area contributed by atoms with E-state index in [1.165, 1.54) is 11.1 Å². The van der Waals surface area contributed by atoms with Crippen molar-refractivity contribution >= 4 is 5.78 Å². The topological polar surface area (TPSA) is 17.1 Å². The van der Waals surface area contributed by atoms with E-state index in [4.69, 9.17) is 0 Å². The largest absolute Gasteiger partial charge is 0.300 e. The van der Waals surface area contributed by atoms with E-state index >= 15 is 0 Å². The third kappa shape index (κ3) is 4.61. The van der Waals surface area contributed by atoms with E-state index in [9.17, 15) is 4.79 Å².